The van der Waals surface area contributed by atoms with Crippen LogP contribution in [0.1, 0.15) is 58.4 Å². The number of carboxylic acid groups (broad SMARTS) is 1. The lowest BCUT2D eigenvalue weighted by atomic mass is 9.70. The Morgan fingerprint density at radius 1 is 1.24 bits per heavy atom. The Bertz CT molecular complexity index is 1140. The van der Waals surface area contributed by atoms with Crippen molar-refractivity contribution in [1.82, 2.24) is 10.2 Å². The van der Waals surface area contributed by atoms with Crippen LogP contribution in [0, 0.1) is 11.3 Å². The third kappa shape index (κ3) is 5.64. The van der Waals surface area contributed by atoms with E-state index in [0.717, 1.165) is 30.7 Å². The summed E-state index contributed by atoms with van der Waals surface area (Å²) in [6.07, 6.45) is 2.64. The molecule has 4 atom stereocenters. The minimum atomic E-state index is -1.11. The molecule has 8 heteroatoms. The molecule has 1 saturated heterocycles. The number of para-hydroxylation sites is 1. The molecule has 2 heterocycles. The highest BCUT2D eigenvalue weighted by molar-refractivity contribution is 6.31. The van der Waals surface area contributed by atoms with Gasteiger partial charge in [-0.3, -0.25) is 4.79 Å². The molecule has 2 aliphatic rings. The number of aliphatic imine (C=N–C) groups is 1. The number of amidine groups is 1. The van der Waals surface area contributed by atoms with Gasteiger partial charge in [-0.05, 0) is 55.5 Å². The minimum absolute atomic E-state index is 0.0893. The van der Waals surface area contributed by atoms with Crippen LogP contribution in [-0.4, -0.2) is 58.7 Å². The van der Waals surface area contributed by atoms with E-state index >= 15 is 0 Å². The lowest BCUT2D eigenvalue weighted by molar-refractivity contribution is -0.155. The van der Waals surface area contributed by atoms with Crippen LogP contribution in [0.15, 0.2) is 47.5 Å². The number of fused-ring (bicyclic) bond motifs is 2. The first-order chi connectivity index (χ1) is 17.8. The Balaban J connectivity index is 1.69. The summed E-state index contributed by atoms with van der Waals surface area (Å²) in [5, 5.41) is 25.7. The summed E-state index contributed by atoms with van der Waals surface area (Å²) < 4.78 is 6.20. The van der Waals surface area contributed by atoms with Crippen molar-refractivity contribution in [3.05, 3.63) is 53.1 Å². The Morgan fingerprint density at radius 3 is 2.73 bits per heavy atom. The fourth-order valence-electron chi connectivity index (χ4n) is 5.75. The second-order valence-corrected chi connectivity index (χ2v) is 10.6. The van der Waals surface area contributed by atoms with Gasteiger partial charge in [0.2, 0.25) is 0 Å². The van der Waals surface area contributed by atoms with Crippen molar-refractivity contribution < 1.29 is 19.7 Å². The number of aliphatic carboxylic acids is 1. The van der Waals surface area contributed by atoms with E-state index in [1.54, 1.807) is 12.1 Å². The molecule has 0 saturated carbocycles. The number of hydrogen-bond acceptors (Lipinski definition) is 6. The van der Waals surface area contributed by atoms with Gasteiger partial charge in [-0.1, -0.05) is 57.3 Å². The number of carbonyl (C=O) groups is 1. The smallest absolute Gasteiger partial charge is 0.311 e. The summed E-state index contributed by atoms with van der Waals surface area (Å²) >= 11 is 6.28. The number of aliphatic hydroxyl groups excluding tert-OH is 1. The maximum absolute atomic E-state index is 12.9. The number of carboxylic acids is 1. The average molecular weight is 528 g/mol. The predicted octanol–water partition coefficient (Wildman–Crippen LogP) is 5.86. The summed E-state index contributed by atoms with van der Waals surface area (Å²) in [4.78, 5) is 20.0. The summed E-state index contributed by atoms with van der Waals surface area (Å²) in [5.74, 6) is 1.26. The average Bonchev–Trinajstić information content (AvgIpc) is 3.06. The zero-order chi connectivity index (χ0) is 26.6. The molecular formula is C29H38ClN3O4. The highest BCUT2D eigenvalue weighted by Gasteiger charge is 2.48. The van der Waals surface area contributed by atoms with Gasteiger partial charge in [-0.2, -0.15) is 0 Å². The summed E-state index contributed by atoms with van der Waals surface area (Å²) in [5.41, 5.74) is 0.373. The van der Waals surface area contributed by atoms with Gasteiger partial charge < -0.3 is 25.2 Å². The van der Waals surface area contributed by atoms with Crippen LogP contribution in [0.4, 0.5) is 5.69 Å². The van der Waals surface area contributed by atoms with Gasteiger partial charge in [0.1, 0.15) is 17.3 Å². The fourth-order valence-corrected chi connectivity index (χ4v) is 5.92. The van der Waals surface area contributed by atoms with E-state index in [2.05, 4.69) is 24.1 Å². The number of nitrogens with zero attached hydrogens (tertiary/aromatic N) is 2. The van der Waals surface area contributed by atoms with Crippen molar-refractivity contribution in [3.63, 3.8) is 0 Å². The van der Waals surface area contributed by atoms with Crippen LogP contribution in [0.5, 0.6) is 11.5 Å². The van der Waals surface area contributed by atoms with Gasteiger partial charge >= 0.3 is 5.97 Å². The van der Waals surface area contributed by atoms with Crippen molar-refractivity contribution >= 4 is 29.1 Å². The van der Waals surface area contributed by atoms with Crippen LogP contribution in [0.25, 0.3) is 0 Å². The zero-order valence-corrected chi connectivity index (χ0v) is 22.7. The molecule has 0 aromatic heterocycles. The van der Waals surface area contributed by atoms with Crippen molar-refractivity contribution in [3.8, 4) is 11.5 Å². The molecule has 4 rings (SSSR count). The van der Waals surface area contributed by atoms with Crippen molar-refractivity contribution in [2.24, 2.45) is 16.3 Å². The molecule has 0 bridgehead atoms. The highest BCUT2D eigenvalue weighted by atomic mass is 35.5. The maximum atomic E-state index is 12.9. The zero-order valence-electron chi connectivity index (χ0n) is 21.9. The van der Waals surface area contributed by atoms with Crippen LogP contribution >= 0.6 is 11.6 Å². The molecular weight excluding hydrogens is 490 g/mol. The number of piperazine rings is 1. The summed E-state index contributed by atoms with van der Waals surface area (Å²) in [6.45, 7) is 7.78. The standard InChI is InChI=1S/C29H38ClN3O4/c1-4-9-19(5-2)23(34)17-29(6-3,28(35)36)26-18-33(15-14-31-26)27-21-10-7-8-11-24(21)37-25-13-12-20(30)16-22(25)32-27/h7-8,10-13,16,19,23,26,31,34H,4-6,9,14-15,17-18H2,1-3H3,(H,35,36)/t19?,23?,26-,29?/m1/s1. The number of benzene rings is 2. The molecule has 37 heavy (non-hydrogen) atoms. The highest BCUT2D eigenvalue weighted by Crippen LogP contribution is 2.41. The van der Waals surface area contributed by atoms with Gasteiger partial charge in [0.15, 0.2) is 5.75 Å². The van der Waals surface area contributed by atoms with Gasteiger partial charge in [-0.15, -0.1) is 0 Å². The van der Waals surface area contributed by atoms with E-state index in [9.17, 15) is 15.0 Å². The SMILES string of the molecule is CCCC(CC)C(O)CC(CC)(C(=O)O)[C@H]1CN(C2=Nc3cc(Cl)ccc3Oc3ccccc32)CCN1. The van der Waals surface area contributed by atoms with Crippen molar-refractivity contribution in [2.45, 2.75) is 65.0 Å². The quantitative estimate of drug-likeness (QED) is 0.378. The fraction of sp³-hybridized carbons (Fsp3) is 0.517. The van der Waals surface area contributed by atoms with Gasteiger partial charge in [0, 0.05) is 30.7 Å². The Hall–Kier alpha value is -2.61. The number of hydrogen-bond donors (Lipinski definition) is 3. The maximum Gasteiger partial charge on any atom is 0.311 e. The van der Waals surface area contributed by atoms with Crippen LogP contribution in [0.2, 0.25) is 5.02 Å². The predicted molar refractivity (Wildman–Crippen MR) is 147 cm³/mol. The number of aliphatic hydroxyl groups is 1. The molecule has 1 fully saturated rings. The molecule has 7 nitrogen and oxygen atoms in total. The second kappa shape index (κ2) is 11.8. The van der Waals surface area contributed by atoms with Crippen LogP contribution < -0.4 is 10.1 Å². The van der Waals surface area contributed by atoms with E-state index in [4.69, 9.17) is 21.3 Å². The topological polar surface area (TPSA) is 94.4 Å². The largest absolute Gasteiger partial charge is 0.481 e. The normalized spacial score (nSPS) is 20.4. The van der Waals surface area contributed by atoms with E-state index < -0.39 is 17.5 Å². The first-order valence-electron chi connectivity index (χ1n) is 13.4. The number of rotatable bonds is 9. The van der Waals surface area contributed by atoms with Crippen molar-refractivity contribution in [2.75, 3.05) is 19.6 Å². The molecule has 2 aromatic rings. The van der Waals surface area contributed by atoms with E-state index in [-0.39, 0.29) is 18.4 Å². The lowest BCUT2D eigenvalue weighted by Gasteiger charge is -2.45. The molecule has 3 unspecified atom stereocenters. The van der Waals surface area contributed by atoms with Crippen LogP contribution in [0.3, 0.4) is 0 Å². The van der Waals surface area contributed by atoms with Gasteiger partial charge in [0.25, 0.3) is 0 Å². The molecule has 0 spiro atoms. The summed E-state index contributed by atoms with van der Waals surface area (Å²) in [6, 6.07) is 12.8. The second-order valence-electron chi connectivity index (χ2n) is 10.1. The third-order valence-electron chi connectivity index (χ3n) is 8.00. The molecule has 0 aliphatic carbocycles. The van der Waals surface area contributed by atoms with Gasteiger partial charge in [-0.25, -0.2) is 4.99 Å². The molecule has 3 N–H and O–H groups in total. The monoisotopic (exact) mass is 527 g/mol. The minimum Gasteiger partial charge on any atom is -0.481 e. The summed E-state index contributed by atoms with van der Waals surface area (Å²) in [7, 11) is 0. The van der Waals surface area contributed by atoms with Gasteiger partial charge in [0.05, 0.1) is 17.1 Å². The molecule has 0 radical (unpaired) electrons. The van der Waals surface area contributed by atoms with Crippen molar-refractivity contribution in [1.29, 1.82) is 0 Å². The number of nitrogens with one attached hydrogen (secondary N) is 1. The molecule has 200 valence electrons. The van der Waals surface area contributed by atoms with E-state index in [0.29, 0.717) is 48.3 Å². The van der Waals surface area contributed by atoms with Crippen LogP contribution in [-0.2, 0) is 4.79 Å². The molecule has 0 amide bonds. The molecule has 2 aliphatic heterocycles. The Labute approximate surface area is 224 Å². The Kier molecular flexibility index (Phi) is 8.78. The first kappa shape index (κ1) is 27.4. The first-order valence-corrected chi connectivity index (χ1v) is 13.8. The van der Waals surface area contributed by atoms with E-state index in [1.807, 2.05) is 37.3 Å². The lowest BCUT2D eigenvalue weighted by Crippen LogP contribution is -2.62. The molecule has 2 aromatic carbocycles. The number of halogens is 1. The Morgan fingerprint density at radius 2 is 2.03 bits per heavy atom. The third-order valence-corrected chi connectivity index (χ3v) is 8.23. The van der Waals surface area contributed by atoms with E-state index in [1.165, 1.54) is 0 Å². The number of ether oxygens (including phenoxy) is 1.